The summed E-state index contributed by atoms with van der Waals surface area (Å²) in [5.41, 5.74) is 0.589. The predicted molar refractivity (Wildman–Crippen MR) is 109 cm³/mol. The van der Waals surface area contributed by atoms with Crippen LogP contribution in [0.1, 0.15) is 88.2 Å². The molecule has 0 saturated heterocycles. The Labute approximate surface area is 171 Å². The van der Waals surface area contributed by atoms with Crippen LogP contribution in [0.2, 0.25) is 0 Å². The number of benzene rings is 1. The molecule has 2 fully saturated rings. The average molecular weight is 407 g/mol. The highest BCUT2D eigenvalue weighted by Gasteiger charge is 2.24. The Balaban J connectivity index is 1.63. The highest BCUT2D eigenvalue weighted by molar-refractivity contribution is 5.40. The third-order valence-corrected chi connectivity index (χ3v) is 6.61. The molecular weight excluding hydrogens is 376 g/mol. The fourth-order valence-electron chi connectivity index (χ4n) is 4.92. The van der Waals surface area contributed by atoms with Crippen LogP contribution < -0.4 is 0 Å². The van der Waals surface area contributed by atoms with Crippen molar-refractivity contribution in [3.05, 3.63) is 47.1 Å². The van der Waals surface area contributed by atoms with Gasteiger partial charge in [0.1, 0.15) is 11.6 Å². The van der Waals surface area contributed by atoms with Gasteiger partial charge >= 0.3 is 0 Å². The number of hydrogen-bond acceptors (Lipinski definition) is 0. The first kappa shape index (κ1) is 21.9. The second-order valence-corrected chi connectivity index (χ2v) is 8.70. The molecule has 2 saturated carbocycles. The van der Waals surface area contributed by atoms with Crippen LogP contribution in [0.4, 0.5) is 17.6 Å². The van der Waals surface area contributed by atoms with Crippen molar-refractivity contribution in [3.63, 3.8) is 0 Å². The van der Waals surface area contributed by atoms with E-state index in [0.717, 1.165) is 43.2 Å². The Hall–Kier alpha value is -1.76. The van der Waals surface area contributed by atoms with Crippen molar-refractivity contribution in [2.45, 2.75) is 77.0 Å². The van der Waals surface area contributed by atoms with Gasteiger partial charge in [-0.15, -0.1) is 0 Å². The van der Waals surface area contributed by atoms with Gasteiger partial charge in [-0.2, -0.15) is 8.78 Å². The topological polar surface area (TPSA) is 0 Å². The maximum atomic E-state index is 14.6. The summed E-state index contributed by atoms with van der Waals surface area (Å²) in [6, 6.07) is 2.92. The smallest absolute Gasteiger partial charge is 0.206 e. The molecule has 0 amide bonds. The summed E-state index contributed by atoms with van der Waals surface area (Å²) in [5, 5.41) is 0. The van der Waals surface area contributed by atoms with Gasteiger partial charge in [0.25, 0.3) is 6.08 Å². The van der Waals surface area contributed by atoms with Crippen LogP contribution in [0.15, 0.2) is 24.3 Å². The van der Waals surface area contributed by atoms with E-state index < -0.39 is 17.7 Å². The van der Waals surface area contributed by atoms with Crippen LogP contribution in [0, 0.1) is 41.2 Å². The van der Waals surface area contributed by atoms with E-state index in [1.807, 2.05) is 0 Å². The molecule has 0 unspecified atom stereocenters. The van der Waals surface area contributed by atoms with E-state index in [1.54, 1.807) is 0 Å². The lowest BCUT2D eigenvalue weighted by molar-refractivity contribution is 0.307. The van der Waals surface area contributed by atoms with E-state index in [0.29, 0.717) is 25.7 Å². The third kappa shape index (κ3) is 6.11. The van der Waals surface area contributed by atoms with Crippen LogP contribution in [0.3, 0.4) is 0 Å². The second kappa shape index (κ2) is 10.3. The van der Waals surface area contributed by atoms with E-state index in [9.17, 15) is 17.6 Å². The number of rotatable bonds is 4. The molecule has 158 valence electrons. The van der Waals surface area contributed by atoms with Gasteiger partial charge in [0, 0.05) is 5.92 Å². The quantitative estimate of drug-likeness (QED) is 0.351. The Morgan fingerprint density at radius 3 is 2.14 bits per heavy atom. The SMILES string of the molecule is CCC[C@H]1CC[C@H](c2cc(F)c(C#C[C@H]3CC[C@H](C=C(F)F)CC3)c(F)c2)CC1. The highest BCUT2D eigenvalue weighted by Crippen LogP contribution is 2.38. The molecule has 1 aromatic rings. The molecule has 1 aromatic carbocycles. The first-order chi connectivity index (χ1) is 14.0. The fourth-order valence-corrected chi connectivity index (χ4v) is 4.92. The van der Waals surface area contributed by atoms with Gasteiger partial charge < -0.3 is 0 Å². The monoisotopic (exact) mass is 406 g/mol. The standard InChI is InChI=1S/C25H30F4/c1-2-3-17-8-11-20(12-9-17)21-15-23(26)22(24(27)16-21)13-10-18-4-6-19(7-5-18)14-25(28)29/h14-20H,2-9,11-12H2,1H3/t17-,18-,19-,20-. The lowest BCUT2D eigenvalue weighted by Crippen LogP contribution is -2.14. The molecule has 0 N–H and O–H groups in total. The molecule has 0 radical (unpaired) electrons. The average Bonchev–Trinajstić information content (AvgIpc) is 2.69. The minimum atomic E-state index is -1.64. The van der Waals surface area contributed by atoms with Gasteiger partial charge in [0.05, 0.1) is 5.56 Å². The molecule has 3 rings (SSSR count). The summed E-state index contributed by atoms with van der Waals surface area (Å²) >= 11 is 0. The van der Waals surface area contributed by atoms with Crippen LogP contribution in [0.25, 0.3) is 0 Å². The van der Waals surface area contributed by atoms with Gasteiger partial charge in [-0.05, 0) is 92.9 Å². The summed E-state index contributed by atoms with van der Waals surface area (Å²) in [4.78, 5) is 0. The zero-order valence-electron chi connectivity index (χ0n) is 17.1. The van der Waals surface area contributed by atoms with Crippen molar-refractivity contribution in [2.24, 2.45) is 17.8 Å². The Bertz CT molecular complexity index is 743. The summed E-state index contributed by atoms with van der Waals surface area (Å²) in [5.74, 6) is 5.38. The minimum absolute atomic E-state index is 0.00893. The second-order valence-electron chi connectivity index (χ2n) is 8.70. The van der Waals surface area contributed by atoms with Gasteiger partial charge in [-0.1, -0.05) is 31.6 Å². The zero-order chi connectivity index (χ0) is 20.8. The van der Waals surface area contributed by atoms with Crippen LogP contribution in [-0.4, -0.2) is 0 Å². The molecule has 0 nitrogen and oxygen atoms in total. The van der Waals surface area contributed by atoms with Crippen LogP contribution in [-0.2, 0) is 0 Å². The van der Waals surface area contributed by atoms with E-state index in [1.165, 1.54) is 25.0 Å². The fraction of sp³-hybridized carbons (Fsp3) is 0.600. The number of halogens is 4. The van der Waals surface area contributed by atoms with E-state index in [-0.39, 0.29) is 23.3 Å². The maximum absolute atomic E-state index is 14.6. The molecule has 0 aromatic heterocycles. The first-order valence-corrected chi connectivity index (χ1v) is 11.0. The van der Waals surface area contributed by atoms with Crippen molar-refractivity contribution in [3.8, 4) is 11.8 Å². The largest absolute Gasteiger partial charge is 0.266 e. The van der Waals surface area contributed by atoms with Crippen molar-refractivity contribution in [1.29, 1.82) is 0 Å². The maximum Gasteiger partial charge on any atom is 0.266 e. The van der Waals surface area contributed by atoms with Crippen LogP contribution >= 0.6 is 0 Å². The lowest BCUT2D eigenvalue weighted by atomic mass is 9.77. The van der Waals surface area contributed by atoms with Gasteiger partial charge in [0.2, 0.25) is 0 Å². The number of allylic oxidation sites excluding steroid dienone is 1. The Kier molecular flexibility index (Phi) is 7.81. The molecule has 29 heavy (non-hydrogen) atoms. The molecule has 0 aliphatic heterocycles. The normalized spacial score (nSPS) is 27.1. The molecule has 0 spiro atoms. The van der Waals surface area contributed by atoms with Crippen molar-refractivity contribution >= 4 is 0 Å². The van der Waals surface area contributed by atoms with Crippen LogP contribution in [0.5, 0.6) is 0 Å². The van der Waals surface area contributed by atoms with Crippen molar-refractivity contribution in [1.82, 2.24) is 0 Å². The van der Waals surface area contributed by atoms with E-state index in [2.05, 4.69) is 18.8 Å². The summed E-state index contributed by atoms with van der Waals surface area (Å²) in [6.45, 7) is 2.20. The van der Waals surface area contributed by atoms with Crippen molar-refractivity contribution < 1.29 is 17.6 Å². The zero-order valence-corrected chi connectivity index (χ0v) is 17.1. The van der Waals surface area contributed by atoms with Gasteiger partial charge in [0.15, 0.2) is 0 Å². The summed E-state index contributed by atoms with van der Waals surface area (Å²) in [7, 11) is 0. The van der Waals surface area contributed by atoms with Gasteiger partial charge in [-0.3, -0.25) is 0 Å². The first-order valence-electron chi connectivity index (χ1n) is 11.0. The summed E-state index contributed by atoms with van der Waals surface area (Å²) in [6.07, 6.45) is 8.70. The van der Waals surface area contributed by atoms with Gasteiger partial charge in [-0.25, -0.2) is 8.78 Å². The molecule has 0 bridgehead atoms. The molecule has 0 atom stereocenters. The highest BCUT2D eigenvalue weighted by atomic mass is 19.3. The summed E-state index contributed by atoms with van der Waals surface area (Å²) < 4.78 is 53.9. The predicted octanol–water partition coefficient (Wildman–Crippen LogP) is 7.98. The van der Waals surface area contributed by atoms with E-state index >= 15 is 0 Å². The lowest BCUT2D eigenvalue weighted by Gasteiger charge is -2.28. The third-order valence-electron chi connectivity index (χ3n) is 6.61. The molecule has 2 aliphatic rings. The molecule has 2 aliphatic carbocycles. The Morgan fingerprint density at radius 1 is 0.966 bits per heavy atom. The molecule has 0 heterocycles. The number of hydrogen-bond donors (Lipinski definition) is 0. The molecule has 4 heteroatoms. The minimum Gasteiger partial charge on any atom is -0.206 e. The Morgan fingerprint density at radius 2 is 1.59 bits per heavy atom. The van der Waals surface area contributed by atoms with E-state index in [4.69, 9.17) is 0 Å². The molecular formula is C25H30F4. The van der Waals surface area contributed by atoms with Crippen molar-refractivity contribution in [2.75, 3.05) is 0 Å².